The maximum absolute atomic E-state index is 13.0. The van der Waals surface area contributed by atoms with E-state index in [4.69, 9.17) is 14.2 Å². The zero-order chi connectivity index (χ0) is 20.8. The highest BCUT2D eigenvalue weighted by Gasteiger charge is 2.22. The second-order valence-corrected chi connectivity index (χ2v) is 5.97. The van der Waals surface area contributed by atoms with Crippen molar-refractivity contribution in [2.45, 2.75) is 20.8 Å². The molecule has 0 saturated heterocycles. The zero-order valence-electron chi connectivity index (χ0n) is 16.6. The van der Waals surface area contributed by atoms with Crippen LogP contribution in [-0.4, -0.2) is 41.1 Å². The standard InChI is InChI=1S/C21H23N3O5/c1-4-27-15-11-14(12-16(13-15)28-5-2)20(25)23-19-18(21(26)29-6-3)22-17-9-7-8-10-24(17)19/h7-13H,4-6H2,1-3H3,(H,23,25). The molecule has 0 aliphatic heterocycles. The van der Waals surface area contributed by atoms with Gasteiger partial charge in [0.1, 0.15) is 17.1 Å². The topological polar surface area (TPSA) is 91.2 Å². The lowest BCUT2D eigenvalue weighted by Gasteiger charge is -2.11. The van der Waals surface area contributed by atoms with Crippen LogP contribution >= 0.6 is 0 Å². The third-order valence-corrected chi connectivity index (χ3v) is 3.99. The predicted octanol–water partition coefficient (Wildman–Crippen LogP) is 3.56. The lowest BCUT2D eigenvalue weighted by molar-refractivity contribution is 0.0521. The largest absolute Gasteiger partial charge is 0.494 e. The van der Waals surface area contributed by atoms with Gasteiger partial charge in [-0.15, -0.1) is 0 Å². The number of fused-ring (bicyclic) bond motifs is 1. The molecular formula is C21H23N3O5. The molecule has 0 radical (unpaired) electrons. The van der Waals surface area contributed by atoms with E-state index in [1.165, 1.54) is 0 Å². The van der Waals surface area contributed by atoms with Crippen molar-refractivity contribution in [2.75, 3.05) is 25.1 Å². The summed E-state index contributed by atoms with van der Waals surface area (Å²) in [6.07, 6.45) is 1.71. The van der Waals surface area contributed by atoms with Crippen LogP contribution in [0.2, 0.25) is 0 Å². The van der Waals surface area contributed by atoms with Crippen LogP contribution < -0.4 is 14.8 Å². The van der Waals surface area contributed by atoms with Crippen molar-refractivity contribution in [2.24, 2.45) is 0 Å². The minimum atomic E-state index is -0.607. The molecule has 1 aromatic carbocycles. The number of benzene rings is 1. The van der Waals surface area contributed by atoms with Gasteiger partial charge in [0.05, 0.1) is 19.8 Å². The first kappa shape index (κ1) is 20.2. The van der Waals surface area contributed by atoms with E-state index in [-0.39, 0.29) is 18.1 Å². The van der Waals surface area contributed by atoms with Crippen LogP contribution in [0.5, 0.6) is 11.5 Å². The summed E-state index contributed by atoms with van der Waals surface area (Å²) < 4.78 is 17.8. The van der Waals surface area contributed by atoms with E-state index in [0.717, 1.165) is 0 Å². The molecule has 0 atom stereocenters. The van der Waals surface area contributed by atoms with Gasteiger partial charge < -0.3 is 19.5 Å². The molecule has 8 nitrogen and oxygen atoms in total. The van der Waals surface area contributed by atoms with E-state index in [1.807, 2.05) is 13.8 Å². The second-order valence-electron chi connectivity index (χ2n) is 5.97. The van der Waals surface area contributed by atoms with Gasteiger partial charge in [0, 0.05) is 17.8 Å². The fraction of sp³-hybridized carbons (Fsp3) is 0.286. The Morgan fingerprint density at radius 1 is 1.00 bits per heavy atom. The molecule has 152 valence electrons. The molecule has 8 heteroatoms. The number of pyridine rings is 1. The van der Waals surface area contributed by atoms with Gasteiger partial charge in [-0.3, -0.25) is 9.20 Å². The maximum atomic E-state index is 13.0. The second kappa shape index (κ2) is 9.09. The van der Waals surface area contributed by atoms with Crippen LogP contribution in [0.3, 0.4) is 0 Å². The first-order valence-corrected chi connectivity index (χ1v) is 9.43. The maximum Gasteiger partial charge on any atom is 0.360 e. The summed E-state index contributed by atoms with van der Waals surface area (Å²) in [5.41, 5.74) is 0.890. The number of nitrogens with zero attached hydrogens (tertiary/aromatic N) is 2. The van der Waals surface area contributed by atoms with Crippen LogP contribution in [0.1, 0.15) is 41.6 Å². The smallest absolute Gasteiger partial charge is 0.360 e. The molecule has 2 aromatic heterocycles. The Hall–Kier alpha value is -3.55. The van der Waals surface area contributed by atoms with Crippen LogP contribution in [-0.2, 0) is 4.74 Å². The van der Waals surface area contributed by atoms with Crippen molar-refractivity contribution in [3.8, 4) is 11.5 Å². The lowest BCUT2D eigenvalue weighted by Crippen LogP contribution is -2.17. The number of aromatic nitrogens is 2. The Morgan fingerprint density at radius 3 is 2.31 bits per heavy atom. The number of carbonyl (C=O) groups is 2. The van der Waals surface area contributed by atoms with Crippen molar-refractivity contribution in [1.29, 1.82) is 0 Å². The third-order valence-electron chi connectivity index (χ3n) is 3.99. The number of carbonyl (C=O) groups excluding carboxylic acids is 2. The van der Waals surface area contributed by atoms with E-state index in [9.17, 15) is 9.59 Å². The summed E-state index contributed by atoms with van der Waals surface area (Å²) in [5, 5.41) is 2.78. The zero-order valence-corrected chi connectivity index (χ0v) is 16.6. The van der Waals surface area contributed by atoms with Crippen molar-refractivity contribution in [3.05, 3.63) is 53.9 Å². The van der Waals surface area contributed by atoms with Crippen molar-refractivity contribution < 1.29 is 23.8 Å². The number of esters is 1. The lowest BCUT2D eigenvalue weighted by atomic mass is 10.2. The number of hydrogen-bond donors (Lipinski definition) is 1. The highest BCUT2D eigenvalue weighted by molar-refractivity contribution is 6.07. The normalized spacial score (nSPS) is 10.6. The van der Waals surface area contributed by atoms with Gasteiger partial charge in [-0.05, 0) is 45.0 Å². The Bertz CT molecular complexity index is 1000. The van der Waals surface area contributed by atoms with Gasteiger partial charge in [0.2, 0.25) is 0 Å². The molecule has 0 aliphatic rings. The van der Waals surface area contributed by atoms with Gasteiger partial charge in [0.25, 0.3) is 5.91 Å². The van der Waals surface area contributed by atoms with Crippen molar-refractivity contribution in [3.63, 3.8) is 0 Å². The molecule has 0 aliphatic carbocycles. The van der Waals surface area contributed by atoms with E-state index < -0.39 is 11.9 Å². The number of rotatable bonds is 8. The molecular weight excluding hydrogens is 374 g/mol. The molecule has 3 aromatic rings. The number of nitrogens with one attached hydrogen (secondary N) is 1. The minimum absolute atomic E-state index is 0.0393. The fourth-order valence-corrected chi connectivity index (χ4v) is 2.84. The molecule has 1 amide bonds. The molecule has 0 fully saturated rings. The van der Waals surface area contributed by atoms with Gasteiger partial charge in [-0.25, -0.2) is 9.78 Å². The number of amides is 1. The first-order valence-electron chi connectivity index (χ1n) is 9.43. The summed E-state index contributed by atoms with van der Waals surface area (Å²) in [5.74, 6) is 0.247. The Kier molecular flexibility index (Phi) is 6.33. The molecule has 2 heterocycles. The molecule has 29 heavy (non-hydrogen) atoms. The highest BCUT2D eigenvalue weighted by Crippen LogP contribution is 2.25. The van der Waals surface area contributed by atoms with Gasteiger partial charge in [-0.1, -0.05) is 6.07 Å². The molecule has 0 unspecified atom stereocenters. The Labute approximate surface area is 168 Å². The summed E-state index contributed by atoms with van der Waals surface area (Å²) >= 11 is 0. The van der Waals surface area contributed by atoms with Crippen LogP contribution in [0, 0.1) is 0 Å². The molecule has 0 spiro atoms. The van der Waals surface area contributed by atoms with Crippen LogP contribution in [0.25, 0.3) is 5.65 Å². The molecule has 0 bridgehead atoms. The summed E-state index contributed by atoms with van der Waals surface area (Å²) in [4.78, 5) is 29.6. The van der Waals surface area contributed by atoms with Gasteiger partial charge in [-0.2, -0.15) is 0 Å². The molecule has 1 N–H and O–H groups in total. The number of ether oxygens (including phenoxy) is 3. The summed E-state index contributed by atoms with van der Waals surface area (Å²) in [7, 11) is 0. The number of anilines is 1. The minimum Gasteiger partial charge on any atom is -0.494 e. The van der Waals surface area contributed by atoms with E-state index in [2.05, 4.69) is 10.3 Å². The number of hydrogen-bond acceptors (Lipinski definition) is 6. The average molecular weight is 397 g/mol. The quantitative estimate of drug-likeness (QED) is 0.585. The Balaban J connectivity index is 1.99. The summed E-state index contributed by atoms with van der Waals surface area (Å²) in [6, 6.07) is 10.3. The molecule has 3 rings (SSSR count). The summed E-state index contributed by atoms with van der Waals surface area (Å²) in [6.45, 7) is 6.54. The fourth-order valence-electron chi connectivity index (χ4n) is 2.84. The van der Waals surface area contributed by atoms with E-state index >= 15 is 0 Å². The highest BCUT2D eigenvalue weighted by atomic mass is 16.5. The molecule has 0 saturated carbocycles. The predicted molar refractivity (Wildman–Crippen MR) is 108 cm³/mol. The van der Waals surface area contributed by atoms with Gasteiger partial charge in [0.15, 0.2) is 11.5 Å². The average Bonchev–Trinajstić information content (AvgIpc) is 3.07. The van der Waals surface area contributed by atoms with Crippen molar-refractivity contribution >= 4 is 23.3 Å². The van der Waals surface area contributed by atoms with Crippen LogP contribution in [0.15, 0.2) is 42.6 Å². The monoisotopic (exact) mass is 397 g/mol. The Morgan fingerprint density at radius 2 is 1.69 bits per heavy atom. The van der Waals surface area contributed by atoms with E-state index in [1.54, 1.807) is 53.9 Å². The van der Waals surface area contributed by atoms with Crippen molar-refractivity contribution in [1.82, 2.24) is 9.38 Å². The van der Waals surface area contributed by atoms with E-state index in [0.29, 0.717) is 35.9 Å². The van der Waals surface area contributed by atoms with Gasteiger partial charge >= 0.3 is 5.97 Å². The SMILES string of the molecule is CCOC(=O)c1nc2ccccn2c1NC(=O)c1cc(OCC)cc(OCC)c1. The third kappa shape index (κ3) is 4.48. The number of imidazole rings is 1. The van der Waals surface area contributed by atoms with Crippen LogP contribution in [0.4, 0.5) is 5.82 Å². The first-order chi connectivity index (χ1) is 14.1.